The Balaban J connectivity index is 2.30. The average molecular weight is 293 g/mol. The lowest BCUT2D eigenvalue weighted by Gasteiger charge is -2.35. The molecule has 1 aliphatic rings. The van der Waals surface area contributed by atoms with Crippen molar-refractivity contribution in [3.63, 3.8) is 0 Å². The van der Waals surface area contributed by atoms with Crippen molar-refractivity contribution in [3.05, 3.63) is 29.3 Å². The smallest absolute Gasteiger partial charge is 0.411 e. The Morgan fingerprint density at radius 3 is 2.52 bits per heavy atom. The zero-order chi connectivity index (χ0) is 15.8. The van der Waals surface area contributed by atoms with E-state index in [2.05, 4.69) is 0 Å². The van der Waals surface area contributed by atoms with Crippen molar-refractivity contribution in [2.75, 3.05) is 0 Å². The Morgan fingerprint density at radius 2 is 1.95 bits per heavy atom. The van der Waals surface area contributed by atoms with Crippen LogP contribution in [-0.2, 0) is 22.5 Å². The maximum atomic E-state index is 12.2. The van der Waals surface area contributed by atoms with Gasteiger partial charge in [-0.05, 0) is 44.0 Å². The minimum Gasteiger partial charge on any atom is -0.508 e. The molecule has 0 bridgehead atoms. The van der Waals surface area contributed by atoms with Crippen molar-refractivity contribution in [1.29, 1.82) is 0 Å². The van der Waals surface area contributed by atoms with Crippen LogP contribution in [0.3, 0.4) is 0 Å². The molecule has 1 aromatic rings. The number of rotatable bonds is 1. The SMILES string of the molecule is CC(C)(C)OC(=O)N1Cc2ccc(O)cc2CC1C(=O)O. The van der Waals surface area contributed by atoms with Crippen molar-refractivity contribution in [1.82, 2.24) is 4.90 Å². The number of carbonyl (C=O) groups excluding carboxylic acids is 1. The second kappa shape index (κ2) is 5.27. The first-order chi connectivity index (χ1) is 9.67. The largest absolute Gasteiger partial charge is 0.508 e. The van der Waals surface area contributed by atoms with Crippen molar-refractivity contribution >= 4 is 12.1 Å². The van der Waals surface area contributed by atoms with Crippen molar-refractivity contribution < 1.29 is 24.5 Å². The second-order valence-corrected chi connectivity index (χ2v) is 6.12. The molecule has 1 unspecified atom stereocenters. The number of aliphatic carboxylic acids is 1. The van der Waals surface area contributed by atoms with Gasteiger partial charge in [0.1, 0.15) is 17.4 Å². The van der Waals surface area contributed by atoms with Crippen LogP contribution in [0.25, 0.3) is 0 Å². The van der Waals surface area contributed by atoms with E-state index in [1.807, 2.05) is 0 Å². The van der Waals surface area contributed by atoms with Crippen LogP contribution >= 0.6 is 0 Å². The molecule has 1 heterocycles. The molecule has 0 aliphatic carbocycles. The van der Waals surface area contributed by atoms with E-state index in [0.717, 1.165) is 11.1 Å². The molecule has 0 spiro atoms. The van der Waals surface area contributed by atoms with Crippen molar-refractivity contribution in [3.8, 4) is 5.75 Å². The minimum atomic E-state index is -1.09. The standard InChI is InChI=1S/C15H19NO5/c1-15(2,3)21-14(20)16-8-9-4-5-11(17)6-10(9)7-12(16)13(18)19/h4-6,12,17H,7-8H2,1-3H3,(H,18,19). The third-order valence-electron chi connectivity index (χ3n) is 3.23. The van der Waals surface area contributed by atoms with Gasteiger partial charge in [0, 0.05) is 6.42 Å². The molecule has 2 rings (SSSR count). The summed E-state index contributed by atoms with van der Waals surface area (Å²) in [6.07, 6.45) is -0.494. The quantitative estimate of drug-likeness (QED) is 0.828. The zero-order valence-corrected chi connectivity index (χ0v) is 12.3. The molecule has 21 heavy (non-hydrogen) atoms. The summed E-state index contributed by atoms with van der Waals surface area (Å²) in [4.78, 5) is 24.8. The summed E-state index contributed by atoms with van der Waals surface area (Å²) in [5, 5.41) is 18.8. The number of phenols is 1. The number of aromatic hydroxyl groups is 1. The van der Waals surface area contributed by atoms with Gasteiger partial charge in [0.25, 0.3) is 0 Å². The lowest BCUT2D eigenvalue weighted by atomic mass is 9.94. The van der Waals surface area contributed by atoms with Crippen molar-refractivity contribution in [2.24, 2.45) is 0 Å². The van der Waals surface area contributed by atoms with E-state index in [1.54, 1.807) is 26.8 Å². The number of fused-ring (bicyclic) bond motifs is 1. The first-order valence-corrected chi connectivity index (χ1v) is 6.70. The molecule has 6 nitrogen and oxygen atoms in total. The Morgan fingerprint density at radius 1 is 1.29 bits per heavy atom. The molecular formula is C15H19NO5. The van der Waals surface area contributed by atoms with Gasteiger partial charge in [0.2, 0.25) is 0 Å². The number of hydrogen-bond acceptors (Lipinski definition) is 4. The summed E-state index contributed by atoms with van der Waals surface area (Å²) in [5.74, 6) is -1.00. The van der Waals surface area contributed by atoms with Crippen LogP contribution in [0.5, 0.6) is 5.75 Å². The molecule has 0 saturated heterocycles. The third kappa shape index (κ3) is 3.45. The van der Waals surface area contributed by atoms with Gasteiger partial charge in [-0.3, -0.25) is 4.90 Å². The van der Waals surface area contributed by atoms with E-state index in [1.165, 1.54) is 17.0 Å². The second-order valence-electron chi connectivity index (χ2n) is 6.12. The summed E-state index contributed by atoms with van der Waals surface area (Å²) in [6.45, 7) is 5.35. The molecule has 1 atom stereocenters. The van der Waals surface area contributed by atoms with Crippen LogP contribution in [-0.4, -0.2) is 38.8 Å². The van der Waals surface area contributed by atoms with Crippen LogP contribution in [0.15, 0.2) is 18.2 Å². The molecule has 114 valence electrons. The molecule has 0 radical (unpaired) electrons. The molecule has 6 heteroatoms. The maximum Gasteiger partial charge on any atom is 0.411 e. The lowest BCUT2D eigenvalue weighted by Crippen LogP contribution is -2.50. The molecule has 0 fully saturated rings. The highest BCUT2D eigenvalue weighted by Crippen LogP contribution is 2.28. The zero-order valence-electron chi connectivity index (χ0n) is 12.3. The highest BCUT2D eigenvalue weighted by Gasteiger charge is 2.37. The van der Waals surface area contributed by atoms with Crippen LogP contribution in [0.4, 0.5) is 4.79 Å². The van der Waals surface area contributed by atoms with Gasteiger partial charge < -0.3 is 14.9 Å². The van der Waals surface area contributed by atoms with Crippen LogP contribution < -0.4 is 0 Å². The van der Waals surface area contributed by atoms with Crippen LogP contribution in [0.1, 0.15) is 31.9 Å². The third-order valence-corrected chi connectivity index (χ3v) is 3.23. The van der Waals surface area contributed by atoms with Gasteiger partial charge in [-0.15, -0.1) is 0 Å². The highest BCUT2D eigenvalue weighted by molar-refractivity contribution is 5.81. The number of carboxylic acids is 1. The summed E-state index contributed by atoms with van der Waals surface area (Å²) in [7, 11) is 0. The molecular weight excluding hydrogens is 274 g/mol. The fourth-order valence-electron chi connectivity index (χ4n) is 2.30. The highest BCUT2D eigenvalue weighted by atomic mass is 16.6. The Hall–Kier alpha value is -2.24. The van der Waals surface area contributed by atoms with E-state index in [0.29, 0.717) is 0 Å². The van der Waals surface area contributed by atoms with Crippen LogP contribution in [0.2, 0.25) is 0 Å². The number of hydrogen-bond donors (Lipinski definition) is 2. The molecule has 1 amide bonds. The van der Waals surface area contributed by atoms with Gasteiger partial charge in [-0.25, -0.2) is 9.59 Å². The Kier molecular flexibility index (Phi) is 3.80. The molecule has 0 aromatic heterocycles. The average Bonchev–Trinajstić information content (AvgIpc) is 2.34. The molecule has 1 aromatic carbocycles. The molecule has 1 aliphatic heterocycles. The summed E-state index contributed by atoms with van der Waals surface area (Å²) in [6, 6.07) is 3.76. The monoisotopic (exact) mass is 293 g/mol. The number of amides is 1. The Labute approximate surface area is 122 Å². The van der Waals surface area contributed by atoms with E-state index in [-0.39, 0.29) is 18.7 Å². The normalized spacial score (nSPS) is 18.0. The number of carboxylic acid groups (broad SMARTS) is 1. The van der Waals surface area contributed by atoms with Gasteiger partial charge >= 0.3 is 12.1 Å². The molecule has 0 saturated carbocycles. The predicted molar refractivity (Wildman–Crippen MR) is 75.0 cm³/mol. The number of nitrogens with zero attached hydrogens (tertiary/aromatic N) is 1. The Bertz CT molecular complexity index is 576. The summed E-state index contributed by atoms with van der Waals surface area (Å²) < 4.78 is 5.27. The van der Waals surface area contributed by atoms with E-state index >= 15 is 0 Å². The minimum absolute atomic E-state index is 0.0867. The first-order valence-electron chi connectivity index (χ1n) is 6.70. The predicted octanol–water partition coefficient (Wildman–Crippen LogP) is 2.14. The van der Waals surface area contributed by atoms with E-state index in [4.69, 9.17) is 4.74 Å². The van der Waals surface area contributed by atoms with Gasteiger partial charge in [0.15, 0.2) is 0 Å². The molecule has 2 N–H and O–H groups in total. The maximum absolute atomic E-state index is 12.2. The summed E-state index contributed by atoms with van der Waals surface area (Å²) >= 11 is 0. The number of phenolic OH excluding ortho intramolecular Hbond substituents is 1. The first kappa shape index (κ1) is 15.2. The summed E-state index contributed by atoms with van der Waals surface area (Å²) in [5.41, 5.74) is 0.869. The number of carbonyl (C=O) groups is 2. The number of benzene rings is 1. The fraction of sp³-hybridized carbons (Fsp3) is 0.467. The van der Waals surface area contributed by atoms with Gasteiger partial charge in [-0.1, -0.05) is 6.07 Å². The van der Waals surface area contributed by atoms with Crippen molar-refractivity contribution in [2.45, 2.75) is 45.4 Å². The van der Waals surface area contributed by atoms with Gasteiger partial charge in [-0.2, -0.15) is 0 Å². The van der Waals surface area contributed by atoms with Gasteiger partial charge in [0.05, 0.1) is 6.54 Å². The van der Waals surface area contributed by atoms with Crippen LogP contribution in [0, 0.1) is 0 Å². The van der Waals surface area contributed by atoms with E-state index in [9.17, 15) is 19.8 Å². The topological polar surface area (TPSA) is 87.1 Å². The fourth-order valence-corrected chi connectivity index (χ4v) is 2.30. The number of ether oxygens (including phenoxy) is 1. The van der Waals surface area contributed by atoms with E-state index < -0.39 is 23.7 Å². The lowest BCUT2D eigenvalue weighted by molar-refractivity contribution is -0.143.